The summed E-state index contributed by atoms with van der Waals surface area (Å²) in [5.74, 6) is 0.693. The number of fused-ring (bicyclic) bond motifs is 8. The van der Waals surface area contributed by atoms with E-state index in [2.05, 4.69) is 146 Å². The van der Waals surface area contributed by atoms with Gasteiger partial charge in [-0.1, -0.05) is 103 Å². The molecule has 0 aliphatic rings. The molecule has 0 aliphatic heterocycles. The Morgan fingerprint density at radius 2 is 1.00 bits per heavy atom. The molecule has 3 aromatic heterocycles. The molecule has 3 nitrogen and oxygen atoms in total. The highest BCUT2D eigenvalue weighted by molar-refractivity contribution is 7.26. The fourth-order valence-corrected chi connectivity index (χ4v) is 7.87. The van der Waals surface area contributed by atoms with E-state index in [-0.39, 0.29) is 0 Å². The molecule has 0 saturated carbocycles. The number of nitrogens with zero attached hydrogens (tertiary/aromatic N) is 2. The van der Waals surface area contributed by atoms with Crippen molar-refractivity contribution >= 4 is 75.1 Å². The van der Waals surface area contributed by atoms with Gasteiger partial charge in [-0.05, 0) is 75.1 Å². The highest BCUT2D eigenvalue weighted by atomic mass is 32.1. The summed E-state index contributed by atoms with van der Waals surface area (Å²) >= 11 is 1.75. The minimum Gasteiger partial charge on any atom is -0.456 e. The van der Waals surface area contributed by atoms with Crippen LogP contribution in [0, 0.1) is 0 Å². The molecule has 10 aromatic rings. The largest absolute Gasteiger partial charge is 0.456 e. The molecule has 46 heavy (non-hydrogen) atoms. The lowest BCUT2D eigenvalue weighted by atomic mass is 10.00. The van der Waals surface area contributed by atoms with Crippen molar-refractivity contribution in [3.8, 4) is 33.8 Å². The van der Waals surface area contributed by atoms with Crippen molar-refractivity contribution in [3.63, 3.8) is 0 Å². The zero-order valence-corrected chi connectivity index (χ0v) is 25.4. The SMILES string of the molecule is c1ccc2cc(-c3ccc4c(c3)oc3cc(-c5nc(-c6ccc7ccccc7c6)c6sc7ccccc7c6n5)ccc34)ccc2c1. The Labute approximate surface area is 268 Å². The summed E-state index contributed by atoms with van der Waals surface area (Å²) in [7, 11) is 0. The summed E-state index contributed by atoms with van der Waals surface area (Å²) in [6.45, 7) is 0. The average Bonchev–Trinajstić information content (AvgIpc) is 3.68. The number of hydrogen-bond acceptors (Lipinski definition) is 4. The van der Waals surface area contributed by atoms with E-state index in [0.717, 1.165) is 59.9 Å². The van der Waals surface area contributed by atoms with Crippen molar-refractivity contribution in [3.05, 3.63) is 146 Å². The second-order valence-corrected chi connectivity index (χ2v) is 12.9. The quantitative estimate of drug-likeness (QED) is 0.201. The van der Waals surface area contributed by atoms with Crippen LogP contribution in [0.1, 0.15) is 0 Å². The van der Waals surface area contributed by atoms with Crippen LogP contribution in [-0.2, 0) is 0 Å². The smallest absolute Gasteiger partial charge is 0.160 e. The van der Waals surface area contributed by atoms with Gasteiger partial charge in [-0.2, -0.15) is 0 Å². The normalized spacial score (nSPS) is 11.9. The summed E-state index contributed by atoms with van der Waals surface area (Å²) in [6.07, 6.45) is 0. The number of furan rings is 1. The highest BCUT2D eigenvalue weighted by Gasteiger charge is 2.18. The fourth-order valence-electron chi connectivity index (χ4n) is 6.72. The van der Waals surface area contributed by atoms with Crippen molar-refractivity contribution in [2.24, 2.45) is 0 Å². The average molecular weight is 605 g/mol. The van der Waals surface area contributed by atoms with E-state index in [4.69, 9.17) is 14.4 Å². The zero-order chi connectivity index (χ0) is 30.2. The van der Waals surface area contributed by atoms with Crippen LogP contribution in [0.4, 0.5) is 0 Å². The Bertz CT molecular complexity index is 2830. The molecule has 4 heteroatoms. The second kappa shape index (κ2) is 9.83. The lowest BCUT2D eigenvalue weighted by Crippen LogP contribution is -1.93. The Hall–Kier alpha value is -5.84. The molecule has 0 radical (unpaired) electrons. The van der Waals surface area contributed by atoms with E-state index >= 15 is 0 Å². The summed E-state index contributed by atoms with van der Waals surface area (Å²) in [4.78, 5) is 10.4. The molecule has 0 aliphatic carbocycles. The lowest BCUT2D eigenvalue weighted by Gasteiger charge is -2.08. The van der Waals surface area contributed by atoms with Crippen molar-refractivity contribution in [2.75, 3.05) is 0 Å². The van der Waals surface area contributed by atoms with Gasteiger partial charge in [0.15, 0.2) is 5.82 Å². The summed E-state index contributed by atoms with van der Waals surface area (Å²) in [5.41, 5.74) is 7.97. The van der Waals surface area contributed by atoms with Gasteiger partial charge < -0.3 is 4.42 Å². The molecule has 0 bridgehead atoms. The first-order valence-corrected chi connectivity index (χ1v) is 16.2. The van der Waals surface area contributed by atoms with Crippen molar-refractivity contribution < 1.29 is 4.42 Å². The maximum atomic E-state index is 6.52. The minimum atomic E-state index is 0.693. The van der Waals surface area contributed by atoms with E-state index in [1.807, 2.05) is 0 Å². The van der Waals surface area contributed by atoms with Gasteiger partial charge in [-0.15, -0.1) is 11.3 Å². The number of aromatic nitrogens is 2. The first kappa shape index (κ1) is 25.5. The molecular formula is C42H24N2OS. The van der Waals surface area contributed by atoms with E-state index < -0.39 is 0 Å². The van der Waals surface area contributed by atoms with Crippen LogP contribution >= 0.6 is 11.3 Å². The molecule has 214 valence electrons. The molecule has 0 fully saturated rings. The maximum Gasteiger partial charge on any atom is 0.160 e. The Morgan fingerprint density at radius 1 is 0.435 bits per heavy atom. The van der Waals surface area contributed by atoms with Crippen molar-refractivity contribution in [1.82, 2.24) is 9.97 Å². The molecule has 0 amide bonds. The third-order valence-corrected chi connectivity index (χ3v) is 10.2. The maximum absolute atomic E-state index is 6.52. The van der Waals surface area contributed by atoms with E-state index in [0.29, 0.717) is 5.82 Å². The van der Waals surface area contributed by atoms with E-state index in [1.165, 1.54) is 31.8 Å². The summed E-state index contributed by atoms with van der Waals surface area (Å²) < 4.78 is 8.83. The molecule has 0 unspecified atom stereocenters. The molecule has 7 aromatic carbocycles. The van der Waals surface area contributed by atoms with Gasteiger partial charge in [0.2, 0.25) is 0 Å². The second-order valence-electron chi connectivity index (χ2n) is 11.8. The molecule has 0 spiro atoms. The van der Waals surface area contributed by atoms with Crippen LogP contribution in [0.25, 0.3) is 97.6 Å². The summed E-state index contributed by atoms with van der Waals surface area (Å²) in [5, 5.41) is 8.22. The molecule has 0 saturated heterocycles. The third kappa shape index (κ3) is 3.97. The van der Waals surface area contributed by atoms with Crippen LogP contribution in [0.3, 0.4) is 0 Å². The summed E-state index contributed by atoms with van der Waals surface area (Å²) in [6, 6.07) is 51.5. The van der Waals surface area contributed by atoms with Crippen LogP contribution in [0.15, 0.2) is 150 Å². The molecule has 3 heterocycles. The number of hydrogen-bond donors (Lipinski definition) is 0. The van der Waals surface area contributed by atoms with Gasteiger partial charge in [0.25, 0.3) is 0 Å². The van der Waals surface area contributed by atoms with Crippen molar-refractivity contribution in [1.29, 1.82) is 0 Å². The van der Waals surface area contributed by atoms with Gasteiger partial charge in [-0.3, -0.25) is 0 Å². The predicted octanol–water partition coefficient (Wildman–Crippen LogP) is 12.1. The zero-order valence-electron chi connectivity index (χ0n) is 24.6. The minimum absolute atomic E-state index is 0.693. The molecular weight excluding hydrogens is 581 g/mol. The number of benzene rings is 7. The van der Waals surface area contributed by atoms with Crippen molar-refractivity contribution in [2.45, 2.75) is 0 Å². The van der Waals surface area contributed by atoms with Crippen LogP contribution in [0.5, 0.6) is 0 Å². The number of rotatable bonds is 3. The Balaban J connectivity index is 1.13. The van der Waals surface area contributed by atoms with Gasteiger partial charge >= 0.3 is 0 Å². The van der Waals surface area contributed by atoms with Gasteiger partial charge in [0.1, 0.15) is 11.2 Å². The molecule has 0 N–H and O–H groups in total. The van der Waals surface area contributed by atoms with Gasteiger partial charge in [0.05, 0.1) is 15.9 Å². The first-order valence-electron chi connectivity index (χ1n) is 15.4. The van der Waals surface area contributed by atoms with Crippen LogP contribution in [0.2, 0.25) is 0 Å². The molecule has 10 rings (SSSR count). The predicted molar refractivity (Wildman–Crippen MR) is 194 cm³/mol. The fraction of sp³-hybridized carbons (Fsp3) is 0. The first-order chi connectivity index (χ1) is 22.7. The lowest BCUT2D eigenvalue weighted by molar-refractivity contribution is 0.669. The van der Waals surface area contributed by atoms with Crippen LogP contribution in [-0.4, -0.2) is 9.97 Å². The highest BCUT2D eigenvalue weighted by Crippen LogP contribution is 2.41. The Kier molecular flexibility index (Phi) is 5.45. The van der Waals surface area contributed by atoms with E-state index in [1.54, 1.807) is 11.3 Å². The third-order valence-electron chi connectivity index (χ3n) is 9.06. The van der Waals surface area contributed by atoms with Gasteiger partial charge in [-0.25, -0.2) is 9.97 Å². The Morgan fingerprint density at radius 3 is 1.76 bits per heavy atom. The topological polar surface area (TPSA) is 38.9 Å². The monoisotopic (exact) mass is 604 g/mol. The van der Waals surface area contributed by atoms with Crippen LogP contribution < -0.4 is 0 Å². The van der Waals surface area contributed by atoms with Gasteiger partial charge in [0, 0.05) is 32.0 Å². The molecule has 0 atom stereocenters. The van der Waals surface area contributed by atoms with E-state index in [9.17, 15) is 0 Å². The standard InChI is InChI=1S/C42H24N2OS/c1-3-9-27-21-29(15-13-25(27)7-1)30-17-19-33-34-20-18-32(24-37(34)45-36(33)23-30)42-43-39(31-16-14-26-8-2-4-10-28(26)22-31)41-40(44-42)35-11-5-6-12-38(35)46-41/h1-24H. The number of thiophene rings is 1.